The molecular weight excluding hydrogens is 204 g/mol. The minimum Gasteiger partial charge on any atom is -1.00 e. The van der Waals surface area contributed by atoms with Crippen LogP contribution in [0.25, 0.3) is 0 Å². The van der Waals surface area contributed by atoms with Crippen LogP contribution in [0.4, 0.5) is 0 Å². The Kier molecular flexibility index (Phi) is 11.1. The molecule has 0 fully saturated rings. The summed E-state index contributed by atoms with van der Waals surface area (Å²) in [5.41, 5.74) is 3.45. The lowest BCUT2D eigenvalue weighted by Crippen LogP contribution is -3.00. The Morgan fingerprint density at radius 3 is 2.56 bits per heavy atom. The fraction of sp³-hybridized carbons (Fsp3) is 0.750. The van der Waals surface area contributed by atoms with Crippen LogP contribution >= 0.6 is 12.2 Å². The van der Waals surface area contributed by atoms with Gasteiger partial charge in [-0.15, -0.1) is 0 Å². The molecule has 0 heterocycles. The molecule has 3 nitrogen and oxygen atoms in total. The van der Waals surface area contributed by atoms with Gasteiger partial charge in [-0.25, -0.2) is 0 Å². The Morgan fingerprint density at radius 2 is 2.22 bits per heavy atom. The van der Waals surface area contributed by atoms with Crippen LogP contribution < -0.4 is 28.0 Å². The van der Waals surface area contributed by atoms with Crippen molar-refractivity contribution in [2.24, 2.45) is 0 Å². The Morgan fingerprint density at radius 1 is 1.67 bits per heavy atom. The van der Waals surface area contributed by atoms with Crippen molar-refractivity contribution >= 4 is 17.3 Å². The average Bonchev–Trinajstić information content (AvgIpc) is 1.66. The average molecular weight is 215 g/mol. The lowest BCUT2D eigenvalue weighted by molar-refractivity contribution is -0.215. The molecule has 0 unspecified atom stereocenters. The molecule has 0 spiro atoms. The topological polar surface area (TPSA) is 59.9 Å². The van der Waals surface area contributed by atoms with Gasteiger partial charge >= 0.3 is 0 Å². The van der Waals surface area contributed by atoms with E-state index in [1.807, 2.05) is 0 Å². The molecule has 5 heteroatoms. The molecular formula is C4H11BrN2OS. The lowest BCUT2D eigenvalue weighted by Gasteiger charge is -1.95. The zero-order valence-electron chi connectivity index (χ0n) is 5.06. The van der Waals surface area contributed by atoms with Crippen LogP contribution in [0.5, 0.6) is 0 Å². The standard InChI is InChI=1S/C4H10N2OS.BrH/c5-4(8)6-2-1-3-7;/h7H,1-3H2,(H3,5,6,8);1H. The first-order valence-corrected chi connectivity index (χ1v) is 2.89. The van der Waals surface area contributed by atoms with Crippen LogP contribution in [-0.2, 0) is 0 Å². The predicted octanol–water partition coefficient (Wildman–Crippen LogP) is -4.51. The zero-order valence-corrected chi connectivity index (χ0v) is 7.46. The summed E-state index contributed by atoms with van der Waals surface area (Å²) >= 11 is 4.61. The quantitative estimate of drug-likeness (QED) is 0.328. The predicted molar refractivity (Wildman–Crippen MR) is 35.2 cm³/mol. The van der Waals surface area contributed by atoms with Crippen molar-refractivity contribution in [3.8, 4) is 0 Å². The van der Waals surface area contributed by atoms with Crippen molar-refractivity contribution in [1.82, 2.24) is 5.32 Å². The van der Waals surface area contributed by atoms with Crippen molar-refractivity contribution in [3.05, 3.63) is 0 Å². The SMILES string of the molecule is [Br-].[NH3+]C(=S)NCCCO. The third kappa shape index (κ3) is 11.7. The molecule has 0 amide bonds. The smallest absolute Gasteiger partial charge is 0.264 e. The number of hydrogen-bond donors (Lipinski definition) is 3. The molecule has 0 aromatic heterocycles. The highest BCUT2D eigenvalue weighted by Crippen LogP contribution is 1.68. The van der Waals surface area contributed by atoms with Crippen LogP contribution in [0.2, 0.25) is 0 Å². The molecule has 0 aliphatic rings. The molecule has 0 atom stereocenters. The van der Waals surface area contributed by atoms with Crippen LogP contribution in [0.3, 0.4) is 0 Å². The summed E-state index contributed by atoms with van der Waals surface area (Å²) in [5, 5.41) is 11.6. The number of nitrogens with one attached hydrogen (secondary N) is 1. The van der Waals surface area contributed by atoms with Gasteiger partial charge in [0.2, 0.25) is 0 Å². The highest BCUT2D eigenvalue weighted by Gasteiger charge is 1.87. The molecule has 0 aromatic rings. The molecule has 0 aromatic carbocycles. The van der Waals surface area contributed by atoms with Crippen molar-refractivity contribution in [2.75, 3.05) is 13.2 Å². The molecule has 56 valence electrons. The number of thiocarbonyl (C=S) groups is 1. The fourth-order valence-electron chi connectivity index (χ4n) is 0.307. The Labute approximate surface area is 70.4 Å². The number of hydrogen-bond acceptors (Lipinski definition) is 2. The van der Waals surface area contributed by atoms with Gasteiger partial charge < -0.3 is 33.1 Å². The molecule has 9 heavy (non-hydrogen) atoms. The molecule has 0 aliphatic heterocycles. The highest BCUT2D eigenvalue weighted by atomic mass is 79.9. The van der Waals surface area contributed by atoms with Gasteiger partial charge in [-0.1, -0.05) is 0 Å². The number of rotatable bonds is 3. The number of aliphatic hydroxyl groups excluding tert-OH is 1. The first-order chi connectivity index (χ1) is 3.77. The molecule has 0 saturated carbocycles. The van der Waals surface area contributed by atoms with E-state index in [0.29, 0.717) is 5.11 Å². The summed E-state index contributed by atoms with van der Waals surface area (Å²) in [6, 6.07) is 0. The van der Waals surface area contributed by atoms with Gasteiger partial charge in [-0.05, 0) is 6.42 Å². The molecule has 0 rings (SSSR count). The summed E-state index contributed by atoms with van der Waals surface area (Å²) in [5.74, 6) is 0. The zero-order chi connectivity index (χ0) is 6.41. The third-order valence-electron chi connectivity index (χ3n) is 0.657. The summed E-state index contributed by atoms with van der Waals surface area (Å²) in [6.45, 7) is 0.925. The Balaban J connectivity index is 0. The van der Waals surface area contributed by atoms with E-state index < -0.39 is 0 Å². The van der Waals surface area contributed by atoms with E-state index in [1.165, 1.54) is 0 Å². The maximum absolute atomic E-state index is 8.28. The second kappa shape index (κ2) is 8.29. The maximum Gasteiger partial charge on any atom is 0.264 e. The second-order valence-electron chi connectivity index (χ2n) is 1.43. The first kappa shape index (κ1) is 12.0. The lowest BCUT2D eigenvalue weighted by atomic mass is 10.5. The van der Waals surface area contributed by atoms with E-state index in [1.54, 1.807) is 0 Å². The summed E-state index contributed by atoms with van der Waals surface area (Å²) in [7, 11) is 0. The van der Waals surface area contributed by atoms with Gasteiger partial charge in [0.25, 0.3) is 5.11 Å². The molecule has 0 radical (unpaired) electrons. The van der Waals surface area contributed by atoms with Crippen molar-refractivity contribution < 1.29 is 27.8 Å². The van der Waals surface area contributed by atoms with Crippen molar-refractivity contribution in [2.45, 2.75) is 6.42 Å². The molecule has 5 N–H and O–H groups in total. The van der Waals surface area contributed by atoms with E-state index in [0.717, 1.165) is 13.0 Å². The minimum absolute atomic E-state index is 0. The minimum atomic E-state index is 0. The van der Waals surface area contributed by atoms with Crippen LogP contribution in [0, 0.1) is 0 Å². The van der Waals surface area contributed by atoms with E-state index >= 15 is 0 Å². The van der Waals surface area contributed by atoms with Crippen molar-refractivity contribution in [1.29, 1.82) is 0 Å². The monoisotopic (exact) mass is 214 g/mol. The Hall–Kier alpha value is 0.290. The largest absolute Gasteiger partial charge is 1.00 e. The number of halogens is 1. The third-order valence-corrected chi connectivity index (χ3v) is 0.801. The summed E-state index contributed by atoms with van der Waals surface area (Å²) < 4.78 is 0. The summed E-state index contributed by atoms with van der Waals surface area (Å²) in [6.07, 6.45) is 0.732. The molecule has 0 saturated heterocycles. The van der Waals surface area contributed by atoms with Gasteiger partial charge in [0, 0.05) is 25.4 Å². The van der Waals surface area contributed by atoms with Gasteiger partial charge in [0.05, 0.1) is 0 Å². The van der Waals surface area contributed by atoms with E-state index in [-0.39, 0.29) is 23.6 Å². The van der Waals surface area contributed by atoms with Crippen LogP contribution in [-0.4, -0.2) is 23.4 Å². The van der Waals surface area contributed by atoms with Gasteiger partial charge in [-0.3, -0.25) is 0 Å². The highest BCUT2D eigenvalue weighted by molar-refractivity contribution is 7.79. The maximum atomic E-state index is 8.28. The number of quaternary nitrogens is 1. The first-order valence-electron chi connectivity index (χ1n) is 2.48. The Bertz CT molecular complexity index is 81.0. The van der Waals surface area contributed by atoms with Crippen molar-refractivity contribution in [3.63, 3.8) is 0 Å². The van der Waals surface area contributed by atoms with E-state index in [4.69, 9.17) is 5.11 Å². The summed E-state index contributed by atoms with van der Waals surface area (Å²) in [4.78, 5) is 0. The van der Waals surface area contributed by atoms with Crippen LogP contribution in [0.1, 0.15) is 6.42 Å². The normalized spacial score (nSPS) is 7.78. The van der Waals surface area contributed by atoms with Gasteiger partial charge in [0.1, 0.15) is 0 Å². The van der Waals surface area contributed by atoms with Gasteiger partial charge in [-0.2, -0.15) is 0 Å². The second-order valence-corrected chi connectivity index (χ2v) is 1.92. The fourth-order valence-corrected chi connectivity index (χ4v) is 0.409. The molecule has 0 bridgehead atoms. The van der Waals surface area contributed by atoms with Gasteiger partial charge in [0.15, 0.2) is 0 Å². The van der Waals surface area contributed by atoms with E-state index in [9.17, 15) is 0 Å². The molecule has 0 aliphatic carbocycles. The van der Waals surface area contributed by atoms with Crippen LogP contribution in [0.15, 0.2) is 0 Å². The van der Waals surface area contributed by atoms with E-state index in [2.05, 4.69) is 23.3 Å². The number of aliphatic hydroxyl groups is 1.